The van der Waals surface area contributed by atoms with Crippen molar-refractivity contribution in [2.45, 2.75) is 57.0 Å². The Labute approximate surface area is 277 Å². The van der Waals surface area contributed by atoms with E-state index >= 15 is 4.39 Å². The van der Waals surface area contributed by atoms with Crippen molar-refractivity contribution in [3.05, 3.63) is 53.4 Å². The number of ketones is 1. The highest BCUT2D eigenvalue weighted by atomic mass is 35.5. The summed E-state index contributed by atoms with van der Waals surface area (Å²) in [6.07, 6.45) is 5.71. The van der Waals surface area contributed by atoms with Gasteiger partial charge < -0.3 is 14.5 Å². The van der Waals surface area contributed by atoms with E-state index in [-0.39, 0.29) is 60.4 Å². The maximum atomic E-state index is 16.8. The SMILES string of the molecule is CC(=O)CC(=O)N1CCN(c2nc(OCC34CCCN3CCC4)nc3c(F)c(-c4cccc5cccc(Cl)c45)ncc23)C[C@@H]1CC#N. The van der Waals surface area contributed by atoms with Gasteiger partial charge in [-0.1, -0.05) is 41.9 Å². The fraction of sp³-hybridized carbons (Fsp3) is 0.429. The van der Waals surface area contributed by atoms with E-state index in [1.807, 2.05) is 29.2 Å². The van der Waals surface area contributed by atoms with Crippen molar-refractivity contribution in [1.29, 1.82) is 5.26 Å². The Bertz CT molecular complexity index is 1920. The second-order valence-electron chi connectivity index (χ2n) is 12.8. The Morgan fingerprint density at radius 1 is 1.11 bits per heavy atom. The molecule has 0 aliphatic carbocycles. The summed E-state index contributed by atoms with van der Waals surface area (Å²) in [4.78, 5) is 44.7. The number of aromatic nitrogens is 3. The van der Waals surface area contributed by atoms with Crippen LogP contribution in [0.25, 0.3) is 32.9 Å². The van der Waals surface area contributed by atoms with Gasteiger partial charge in [-0.05, 0) is 57.1 Å². The van der Waals surface area contributed by atoms with Crippen molar-refractivity contribution >= 4 is 50.8 Å². The molecule has 0 bridgehead atoms. The van der Waals surface area contributed by atoms with Crippen molar-refractivity contribution in [2.24, 2.45) is 0 Å². The number of rotatable bonds is 8. The lowest BCUT2D eigenvalue weighted by atomic mass is 9.95. The number of halogens is 2. The zero-order valence-electron chi connectivity index (χ0n) is 26.2. The molecule has 2 aromatic heterocycles. The number of anilines is 1. The van der Waals surface area contributed by atoms with Crippen LogP contribution >= 0.6 is 11.6 Å². The molecule has 4 aromatic rings. The fourth-order valence-corrected chi connectivity index (χ4v) is 7.92. The number of Topliss-reactive ketones (excluding diaryl/α,β-unsaturated/α-hetero) is 1. The summed E-state index contributed by atoms with van der Waals surface area (Å²) >= 11 is 6.61. The summed E-state index contributed by atoms with van der Waals surface area (Å²) in [5.41, 5.74) is 0.664. The Morgan fingerprint density at radius 2 is 1.87 bits per heavy atom. The molecule has 0 radical (unpaired) electrons. The smallest absolute Gasteiger partial charge is 0.319 e. The lowest BCUT2D eigenvalue weighted by molar-refractivity contribution is -0.137. The van der Waals surface area contributed by atoms with E-state index in [4.69, 9.17) is 21.3 Å². The predicted octanol–water partition coefficient (Wildman–Crippen LogP) is 5.55. The number of pyridine rings is 1. The lowest BCUT2D eigenvalue weighted by Crippen LogP contribution is -2.55. The molecule has 242 valence electrons. The number of hydrogen-bond donors (Lipinski definition) is 0. The van der Waals surface area contributed by atoms with Crippen LogP contribution in [0.3, 0.4) is 0 Å². The zero-order chi connectivity index (χ0) is 32.7. The van der Waals surface area contributed by atoms with Gasteiger partial charge >= 0.3 is 6.01 Å². The average molecular weight is 656 g/mol. The highest BCUT2D eigenvalue weighted by Gasteiger charge is 2.45. The third-order valence-corrected chi connectivity index (χ3v) is 10.2. The first-order valence-corrected chi connectivity index (χ1v) is 16.5. The van der Waals surface area contributed by atoms with Gasteiger partial charge in [-0.2, -0.15) is 15.2 Å². The summed E-state index contributed by atoms with van der Waals surface area (Å²) < 4.78 is 23.1. The summed E-state index contributed by atoms with van der Waals surface area (Å²) in [7, 11) is 0. The molecule has 1 atom stereocenters. The minimum Gasteiger partial charge on any atom is -0.461 e. The first kappa shape index (κ1) is 31.2. The second kappa shape index (κ2) is 12.7. The van der Waals surface area contributed by atoms with E-state index in [0.29, 0.717) is 40.3 Å². The van der Waals surface area contributed by atoms with Crippen molar-refractivity contribution < 1.29 is 18.7 Å². The van der Waals surface area contributed by atoms with Gasteiger partial charge in [0.25, 0.3) is 0 Å². The largest absolute Gasteiger partial charge is 0.461 e. The summed E-state index contributed by atoms with van der Waals surface area (Å²) in [5, 5.41) is 12.0. The molecule has 7 rings (SSSR count). The number of piperazine rings is 1. The minimum absolute atomic E-state index is 0.0678. The van der Waals surface area contributed by atoms with E-state index in [1.165, 1.54) is 6.92 Å². The van der Waals surface area contributed by atoms with Gasteiger partial charge in [0.1, 0.15) is 29.4 Å². The minimum atomic E-state index is -0.617. The van der Waals surface area contributed by atoms with Gasteiger partial charge in [0.2, 0.25) is 5.91 Å². The van der Waals surface area contributed by atoms with Crippen LogP contribution in [0.5, 0.6) is 6.01 Å². The third-order valence-electron chi connectivity index (χ3n) is 9.86. The third kappa shape index (κ3) is 5.74. The molecule has 47 heavy (non-hydrogen) atoms. The maximum Gasteiger partial charge on any atom is 0.319 e. The molecule has 3 aliphatic heterocycles. The summed E-state index contributed by atoms with van der Waals surface area (Å²) in [6, 6.07) is 12.9. The Kier molecular flexibility index (Phi) is 8.41. The molecule has 12 heteroatoms. The first-order valence-electron chi connectivity index (χ1n) is 16.1. The average Bonchev–Trinajstić information content (AvgIpc) is 3.64. The molecule has 3 saturated heterocycles. The molecule has 0 unspecified atom stereocenters. The van der Waals surface area contributed by atoms with Crippen LogP contribution in [-0.4, -0.2) is 87.4 Å². The molecule has 10 nitrogen and oxygen atoms in total. The van der Waals surface area contributed by atoms with Crippen LogP contribution in [0.4, 0.5) is 10.2 Å². The fourth-order valence-electron chi connectivity index (χ4n) is 7.64. The zero-order valence-corrected chi connectivity index (χ0v) is 27.0. The van der Waals surface area contributed by atoms with Crippen LogP contribution in [-0.2, 0) is 9.59 Å². The summed E-state index contributed by atoms with van der Waals surface area (Å²) in [6.45, 7) is 4.76. The number of nitrogens with zero attached hydrogens (tertiary/aromatic N) is 7. The van der Waals surface area contributed by atoms with Crippen LogP contribution in [0.15, 0.2) is 42.6 Å². The van der Waals surface area contributed by atoms with E-state index in [0.717, 1.165) is 44.2 Å². The van der Waals surface area contributed by atoms with Crippen LogP contribution in [0.1, 0.15) is 45.4 Å². The van der Waals surface area contributed by atoms with Gasteiger partial charge in [0, 0.05) is 41.8 Å². The van der Waals surface area contributed by atoms with Gasteiger partial charge in [0.05, 0.1) is 35.9 Å². The number of hydrogen-bond acceptors (Lipinski definition) is 9. The second-order valence-corrected chi connectivity index (χ2v) is 13.2. The first-order chi connectivity index (χ1) is 22.8. The van der Waals surface area contributed by atoms with Crippen molar-refractivity contribution in [1.82, 2.24) is 24.8 Å². The molecule has 0 N–H and O–H groups in total. The molecular formula is C35H35ClFN7O3. The molecule has 0 spiro atoms. The molecule has 3 aliphatic rings. The number of ether oxygens (including phenoxy) is 1. The van der Waals surface area contributed by atoms with E-state index < -0.39 is 11.9 Å². The highest BCUT2D eigenvalue weighted by Crippen LogP contribution is 2.40. The molecule has 1 amide bonds. The van der Waals surface area contributed by atoms with Crippen molar-refractivity contribution in [3.63, 3.8) is 0 Å². The predicted molar refractivity (Wildman–Crippen MR) is 177 cm³/mol. The van der Waals surface area contributed by atoms with Crippen LogP contribution < -0.4 is 9.64 Å². The van der Waals surface area contributed by atoms with Crippen molar-refractivity contribution in [2.75, 3.05) is 44.2 Å². The maximum absolute atomic E-state index is 16.8. The van der Waals surface area contributed by atoms with E-state index in [2.05, 4.69) is 20.9 Å². The van der Waals surface area contributed by atoms with Gasteiger partial charge in [-0.25, -0.2) is 4.39 Å². The number of nitriles is 1. The van der Waals surface area contributed by atoms with Crippen molar-refractivity contribution in [3.8, 4) is 23.3 Å². The van der Waals surface area contributed by atoms with E-state index in [9.17, 15) is 14.9 Å². The Balaban J connectivity index is 1.31. The molecule has 2 aromatic carbocycles. The van der Waals surface area contributed by atoms with E-state index in [1.54, 1.807) is 23.2 Å². The number of benzene rings is 2. The quantitative estimate of drug-likeness (QED) is 0.225. The molecular weight excluding hydrogens is 621 g/mol. The summed E-state index contributed by atoms with van der Waals surface area (Å²) in [5.74, 6) is -0.734. The Hall–Kier alpha value is -4.40. The number of fused-ring (bicyclic) bond motifs is 3. The van der Waals surface area contributed by atoms with Gasteiger partial charge in [0.15, 0.2) is 5.82 Å². The molecule has 5 heterocycles. The normalized spacial score (nSPS) is 19.2. The molecule has 3 fully saturated rings. The van der Waals surface area contributed by atoms with Crippen LogP contribution in [0.2, 0.25) is 5.02 Å². The lowest BCUT2D eigenvalue weighted by Gasteiger charge is -2.41. The van der Waals surface area contributed by atoms with Crippen LogP contribution in [0, 0.1) is 17.1 Å². The number of carbonyl (C=O) groups is 2. The number of amides is 1. The Morgan fingerprint density at radius 3 is 2.62 bits per heavy atom. The number of carbonyl (C=O) groups excluding carboxylic acids is 2. The van der Waals surface area contributed by atoms with Gasteiger partial charge in [-0.15, -0.1) is 0 Å². The topological polar surface area (TPSA) is 116 Å². The monoisotopic (exact) mass is 655 g/mol. The highest BCUT2D eigenvalue weighted by molar-refractivity contribution is 6.36. The standard InChI is InChI=1S/C35H35ClFN7O3/c1-22(45)18-28(46)44-17-16-42(20-24(44)10-13-38)33-26-19-39-31(25-8-2-6-23-7-3-9-27(36)29(23)25)30(37)32(26)40-34(41-33)47-21-35-11-4-14-43(35)15-5-12-35/h2-3,6-9,19,24H,4-5,10-12,14-18,20-21H2,1H3/t24-/m0/s1. The molecule has 0 saturated carbocycles. The van der Waals surface area contributed by atoms with Gasteiger partial charge in [-0.3, -0.25) is 19.5 Å².